The third kappa shape index (κ3) is 2.72. The summed E-state index contributed by atoms with van der Waals surface area (Å²) in [7, 11) is 0. The van der Waals surface area contributed by atoms with Gasteiger partial charge in [-0.25, -0.2) is 0 Å². The van der Waals surface area contributed by atoms with Gasteiger partial charge in [-0.3, -0.25) is 4.98 Å². The summed E-state index contributed by atoms with van der Waals surface area (Å²) in [5.41, 5.74) is 0.538. The molecule has 0 fully saturated rings. The molecule has 14 heavy (non-hydrogen) atoms. The van der Waals surface area contributed by atoms with Crippen LogP contribution < -0.4 is 0 Å². The Hall–Kier alpha value is -2.15. The smallest absolute Gasteiger partial charge is 0.250 e. The number of hydrogen-bond acceptors (Lipinski definition) is 4. The number of pyridine rings is 1. The lowest BCUT2D eigenvalue weighted by atomic mass is 10.3. The van der Waals surface area contributed by atoms with E-state index in [1.807, 2.05) is 0 Å². The predicted octanol–water partition coefficient (Wildman–Crippen LogP) is 1.51. The van der Waals surface area contributed by atoms with Gasteiger partial charge in [0.05, 0.1) is 0 Å². The number of rotatable bonds is 3. The van der Waals surface area contributed by atoms with Gasteiger partial charge in [-0.1, -0.05) is 18.7 Å². The van der Waals surface area contributed by atoms with E-state index in [0.717, 1.165) is 0 Å². The van der Waals surface area contributed by atoms with E-state index in [2.05, 4.69) is 16.6 Å². The monoisotopic (exact) mass is 187 g/mol. The first-order valence-corrected chi connectivity index (χ1v) is 4.00. The van der Waals surface area contributed by atoms with E-state index < -0.39 is 0 Å². The quantitative estimate of drug-likeness (QED) is 0.312. The second kappa shape index (κ2) is 5.49. The summed E-state index contributed by atoms with van der Waals surface area (Å²) in [6.45, 7) is 3.81. The molecular formula is C10H9N3O. The number of ether oxygens (including phenoxy) is 1. The van der Waals surface area contributed by atoms with E-state index in [1.165, 1.54) is 0 Å². The molecular weight excluding hydrogens is 178 g/mol. The van der Waals surface area contributed by atoms with Gasteiger partial charge in [0.15, 0.2) is 0 Å². The molecule has 0 N–H and O–H groups in total. The van der Waals surface area contributed by atoms with Crippen molar-refractivity contribution in [1.29, 1.82) is 5.26 Å². The highest BCUT2D eigenvalue weighted by atomic mass is 16.5. The van der Waals surface area contributed by atoms with Crippen molar-refractivity contribution in [1.82, 2.24) is 4.98 Å². The van der Waals surface area contributed by atoms with Crippen molar-refractivity contribution in [2.75, 3.05) is 6.61 Å². The third-order valence-electron chi connectivity index (χ3n) is 1.37. The molecule has 4 heteroatoms. The normalized spacial score (nSPS) is 10.4. The summed E-state index contributed by atoms with van der Waals surface area (Å²) in [5, 5.41) is 8.43. The van der Waals surface area contributed by atoms with E-state index >= 15 is 0 Å². The zero-order chi connectivity index (χ0) is 10.2. The average Bonchev–Trinajstić information content (AvgIpc) is 2.25. The van der Waals surface area contributed by atoms with E-state index in [4.69, 9.17) is 10.00 Å². The molecule has 1 heterocycles. The molecule has 1 rings (SSSR count). The number of nitriles is 1. The Balaban J connectivity index is 2.85. The lowest BCUT2D eigenvalue weighted by Gasteiger charge is -2.03. The molecule has 0 amide bonds. The second-order valence-corrected chi connectivity index (χ2v) is 2.33. The van der Waals surface area contributed by atoms with Crippen LogP contribution in [0, 0.1) is 11.5 Å². The summed E-state index contributed by atoms with van der Waals surface area (Å²) >= 11 is 0. The third-order valence-corrected chi connectivity index (χ3v) is 1.37. The minimum atomic E-state index is 0.216. The molecule has 1 aromatic heterocycles. The maximum absolute atomic E-state index is 8.43. The summed E-state index contributed by atoms with van der Waals surface area (Å²) in [5.74, 6) is 0.216. The first-order valence-electron chi connectivity index (χ1n) is 4.00. The van der Waals surface area contributed by atoms with Crippen LogP contribution in [0.15, 0.2) is 42.0 Å². The number of aromatic nitrogens is 1. The molecule has 0 aliphatic carbocycles. The van der Waals surface area contributed by atoms with Gasteiger partial charge in [-0.05, 0) is 12.1 Å². The van der Waals surface area contributed by atoms with Crippen molar-refractivity contribution >= 4 is 5.90 Å². The Morgan fingerprint density at radius 1 is 1.71 bits per heavy atom. The van der Waals surface area contributed by atoms with Crippen molar-refractivity contribution in [3.63, 3.8) is 0 Å². The van der Waals surface area contributed by atoms with Crippen LogP contribution in [0.25, 0.3) is 0 Å². The summed E-state index contributed by atoms with van der Waals surface area (Å²) in [6, 6.07) is 5.30. The molecule has 0 saturated heterocycles. The van der Waals surface area contributed by atoms with Gasteiger partial charge in [0.1, 0.15) is 12.3 Å². The molecule has 0 spiro atoms. The molecule has 0 aliphatic rings. The zero-order valence-corrected chi connectivity index (χ0v) is 7.55. The highest BCUT2D eigenvalue weighted by molar-refractivity contribution is 5.92. The molecule has 0 unspecified atom stereocenters. The summed E-state index contributed by atoms with van der Waals surface area (Å²) < 4.78 is 5.16. The lowest BCUT2D eigenvalue weighted by molar-refractivity contribution is 0.351. The molecule has 0 atom stereocenters. The maximum atomic E-state index is 8.43. The van der Waals surface area contributed by atoms with Gasteiger partial charge in [0.2, 0.25) is 6.19 Å². The van der Waals surface area contributed by atoms with Crippen molar-refractivity contribution < 1.29 is 4.74 Å². The van der Waals surface area contributed by atoms with E-state index in [0.29, 0.717) is 12.3 Å². The Labute approximate surface area is 82.2 Å². The summed E-state index contributed by atoms with van der Waals surface area (Å²) in [6.07, 6.45) is 4.85. The fourth-order valence-corrected chi connectivity index (χ4v) is 0.836. The zero-order valence-electron chi connectivity index (χ0n) is 7.55. The van der Waals surface area contributed by atoms with Crippen LogP contribution in [0.5, 0.6) is 0 Å². The van der Waals surface area contributed by atoms with Crippen LogP contribution in [0.2, 0.25) is 0 Å². The molecule has 1 aromatic rings. The van der Waals surface area contributed by atoms with Crippen LogP contribution in [-0.4, -0.2) is 17.5 Å². The van der Waals surface area contributed by atoms with Crippen molar-refractivity contribution in [3.8, 4) is 6.19 Å². The van der Waals surface area contributed by atoms with Crippen LogP contribution in [-0.2, 0) is 4.74 Å². The van der Waals surface area contributed by atoms with Gasteiger partial charge in [0, 0.05) is 6.20 Å². The van der Waals surface area contributed by atoms with Crippen LogP contribution >= 0.6 is 0 Å². The highest BCUT2D eigenvalue weighted by Crippen LogP contribution is 1.98. The van der Waals surface area contributed by atoms with E-state index in [1.54, 1.807) is 36.7 Å². The number of hydrogen-bond donors (Lipinski definition) is 0. The van der Waals surface area contributed by atoms with Gasteiger partial charge in [-0.2, -0.15) is 5.26 Å². The van der Waals surface area contributed by atoms with Crippen LogP contribution in [0.4, 0.5) is 0 Å². The van der Waals surface area contributed by atoms with Crippen molar-refractivity contribution in [3.05, 3.63) is 42.7 Å². The van der Waals surface area contributed by atoms with Crippen LogP contribution in [0.3, 0.4) is 0 Å². The molecule has 0 aromatic carbocycles. The van der Waals surface area contributed by atoms with E-state index in [9.17, 15) is 0 Å². The molecule has 0 saturated carbocycles. The van der Waals surface area contributed by atoms with Gasteiger partial charge in [0.25, 0.3) is 5.90 Å². The Morgan fingerprint density at radius 3 is 3.14 bits per heavy atom. The van der Waals surface area contributed by atoms with Gasteiger partial charge < -0.3 is 4.74 Å². The fraction of sp³-hybridized carbons (Fsp3) is 0.100. The maximum Gasteiger partial charge on any atom is 0.250 e. The van der Waals surface area contributed by atoms with E-state index in [-0.39, 0.29) is 5.90 Å². The summed E-state index contributed by atoms with van der Waals surface area (Å²) in [4.78, 5) is 7.53. The van der Waals surface area contributed by atoms with Gasteiger partial charge in [-0.15, -0.1) is 4.99 Å². The Bertz CT molecular complexity index is 365. The minimum Gasteiger partial charge on any atom is -0.471 e. The molecule has 0 aliphatic heterocycles. The standard InChI is InChI=1S/C10H9N3O/c1-2-7-14-10(13-8-11)9-5-3-4-6-12-9/h2-6H,1,7H2/b13-10-. The Morgan fingerprint density at radius 2 is 2.57 bits per heavy atom. The van der Waals surface area contributed by atoms with Gasteiger partial charge >= 0.3 is 0 Å². The molecule has 4 nitrogen and oxygen atoms in total. The molecule has 70 valence electrons. The molecule has 0 bridgehead atoms. The predicted molar refractivity (Wildman–Crippen MR) is 52.5 cm³/mol. The van der Waals surface area contributed by atoms with Crippen molar-refractivity contribution in [2.45, 2.75) is 0 Å². The van der Waals surface area contributed by atoms with Crippen molar-refractivity contribution in [2.24, 2.45) is 4.99 Å². The fourth-order valence-electron chi connectivity index (χ4n) is 0.836. The lowest BCUT2D eigenvalue weighted by Crippen LogP contribution is -2.08. The minimum absolute atomic E-state index is 0.216. The topological polar surface area (TPSA) is 58.3 Å². The number of nitrogens with zero attached hydrogens (tertiary/aromatic N) is 3. The average molecular weight is 187 g/mol. The largest absolute Gasteiger partial charge is 0.471 e. The first kappa shape index (κ1) is 9.93. The SMILES string of the molecule is C=CCO/C(=N\C#N)c1ccccn1. The highest BCUT2D eigenvalue weighted by Gasteiger charge is 2.04. The first-order chi connectivity index (χ1) is 6.88. The molecule has 0 radical (unpaired) electrons. The second-order valence-electron chi connectivity index (χ2n) is 2.33. The number of aliphatic imine (C=N–C) groups is 1. The Kier molecular flexibility index (Phi) is 3.89. The van der Waals surface area contributed by atoms with Crippen LogP contribution in [0.1, 0.15) is 5.69 Å².